The van der Waals surface area contributed by atoms with Crippen molar-refractivity contribution in [2.45, 2.75) is 52.1 Å². The van der Waals surface area contributed by atoms with Gasteiger partial charge in [-0.25, -0.2) is 14.1 Å². The maximum Gasteiger partial charge on any atom is 0.573 e. The quantitative estimate of drug-likeness (QED) is 0.448. The summed E-state index contributed by atoms with van der Waals surface area (Å²) in [7, 11) is 1.41. The van der Waals surface area contributed by atoms with Crippen LogP contribution in [0.25, 0.3) is 0 Å². The van der Waals surface area contributed by atoms with E-state index in [9.17, 15) is 32.7 Å². The van der Waals surface area contributed by atoms with Crippen molar-refractivity contribution < 1.29 is 46.9 Å². The molecule has 2 aromatic rings. The van der Waals surface area contributed by atoms with E-state index < -0.39 is 63.8 Å². The van der Waals surface area contributed by atoms with Crippen LogP contribution in [0.4, 0.5) is 18.9 Å². The highest BCUT2D eigenvalue weighted by Gasteiger charge is 2.70. The van der Waals surface area contributed by atoms with Crippen LogP contribution in [0, 0.1) is 11.3 Å². The number of nitrogens with one attached hydrogen (secondary N) is 1. The van der Waals surface area contributed by atoms with Crippen molar-refractivity contribution in [2.75, 3.05) is 33.4 Å². The molecule has 0 saturated carbocycles. The van der Waals surface area contributed by atoms with Gasteiger partial charge in [-0.15, -0.1) is 13.2 Å². The summed E-state index contributed by atoms with van der Waals surface area (Å²) in [4.78, 5) is 41.3. The van der Waals surface area contributed by atoms with Crippen molar-refractivity contribution in [3.05, 3.63) is 53.6 Å². The van der Waals surface area contributed by atoms with Crippen LogP contribution in [-0.2, 0) is 19.1 Å². The number of ketones is 1. The second-order valence-electron chi connectivity index (χ2n) is 12.0. The van der Waals surface area contributed by atoms with Crippen LogP contribution in [0.2, 0.25) is 0 Å². The summed E-state index contributed by atoms with van der Waals surface area (Å²) >= 11 is 0. The Kier molecular flexibility index (Phi) is 8.47. The molecule has 2 aliphatic heterocycles. The lowest BCUT2D eigenvalue weighted by molar-refractivity contribution is -0.275. The van der Waals surface area contributed by atoms with E-state index in [2.05, 4.69) is 10.1 Å². The molecule has 0 bridgehead atoms. The number of benzene rings is 2. The average Bonchev–Trinajstić information content (AvgIpc) is 3.01. The highest BCUT2D eigenvalue weighted by atomic mass is 19.4. The van der Waals surface area contributed by atoms with Gasteiger partial charge >= 0.3 is 18.2 Å². The average molecular weight is 594 g/mol. The molecule has 4 rings (SSSR count). The number of carbonyl (C=O) groups is 3. The van der Waals surface area contributed by atoms with E-state index in [0.29, 0.717) is 5.75 Å². The topological polar surface area (TPSA) is 111 Å². The molecular weight excluding hydrogens is 557 g/mol. The van der Waals surface area contributed by atoms with Gasteiger partial charge in [0.05, 0.1) is 25.1 Å². The summed E-state index contributed by atoms with van der Waals surface area (Å²) < 4.78 is 55.4. The molecule has 2 aromatic carbocycles. The SMILES string of the molecule is COc1ccc2c(c1)C(c1ccccc1OC(F)(F)F)OCC(=O)[N@@+]2(CC(C)(C)C)[C@@]1(C(=O)O)CCNC[C@@H]1C(C)=O. The summed E-state index contributed by atoms with van der Waals surface area (Å²) in [5, 5.41) is 14.2. The predicted octanol–water partition coefficient (Wildman–Crippen LogP) is 4.62. The number of amides is 1. The first-order valence-electron chi connectivity index (χ1n) is 13.6. The molecule has 1 fully saturated rings. The normalized spacial score (nSPS) is 26.6. The highest BCUT2D eigenvalue weighted by molar-refractivity contribution is 6.02. The Morgan fingerprint density at radius 3 is 2.43 bits per heavy atom. The molecule has 12 heteroatoms. The van der Waals surface area contributed by atoms with Crippen molar-refractivity contribution in [3.8, 4) is 11.5 Å². The number of methoxy groups -OCH3 is 1. The van der Waals surface area contributed by atoms with E-state index in [4.69, 9.17) is 9.47 Å². The molecule has 0 spiro atoms. The number of fused-ring (bicyclic) bond motifs is 1. The molecule has 0 aliphatic carbocycles. The molecule has 9 nitrogen and oxygen atoms in total. The Morgan fingerprint density at radius 2 is 1.83 bits per heavy atom. The van der Waals surface area contributed by atoms with Gasteiger partial charge in [0.25, 0.3) is 0 Å². The fourth-order valence-corrected chi connectivity index (χ4v) is 6.57. The second kappa shape index (κ2) is 11.3. The molecule has 4 atom stereocenters. The zero-order valence-electron chi connectivity index (χ0n) is 24.2. The monoisotopic (exact) mass is 593 g/mol. The van der Waals surface area contributed by atoms with E-state index in [0.717, 1.165) is 6.07 Å². The molecule has 0 radical (unpaired) electrons. The van der Waals surface area contributed by atoms with Gasteiger partial charge in [0.1, 0.15) is 29.1 Å². The van der Waals surface area contributed by atoms with Gasteiger partial charge in [0.2, 0.25) is 5.54 Å². The standard InChI is InChI=1S/C30H35F3N2O7/c1-18(36)22-15-34-13-12-29(22,27(38)39)35(17-28(2,3)4)23-11-10-19(40-5)14-21(23)26(41-16-25(35)37)20-8-6-7-9-24(20)42-30(31,32)33/h6-11,14,22,26,34H,12-13,15-17H2,1-5H3/p+1/t22-,26?,29+,35+/m1/s1. The number of aliphatic carboxylic acids is 1. The molecular formula is C30H36F3N2O7+. The third-order valence-electron chi connectivity index (χ3n) is 8.02. The Morgan fingerprint density at radius 1 is 1.14 bits per heavy atom. The van der Waals surface area contributed by atoms with Crippen molar-refractivity contribution in [3.63, 3.8) is 0 Å². The number of Topliss-reactive ketones (excluding diaryl/α,β-unsaturated/α-hetero) is 1. The van der Waals surface area contributed by atoms with Crippen molar-refractivity contribution in [2.24, 2.45) is 11.3 Å². The number of quaternary nitrogens is 1. The lowest BCUT2D eigenvalue weighted by atomic mass is 9.70. The maximum absolute atomic E-state index is 14.6. The van der Waals surface area contributed by atoms with Crippen LogP contribution in [0.3, 0.4) is 0 Å². The number of piperidine rings is 1. The molecule has 2 heterocycles. The van der Waals surface area contributed by atoms with Crippen molar-refractivity contribution in [1.29, 1.82) is 0 Å². The number of carboxylic acids is 1. The molecule has 1 saturated heterocycles. The molecule has 1 amide bonds. The summed E-state index contributed by atoms with van der Waals surface area (Å²) in [5.74, 6) is -3.64. The molecule has 1 unspecified atom stereocenters. The number of para-hydroxylation sites is 1. The highest BCUT2D eigenvalue weighted by Crippen LogP contribution is 2.52. The summed E-state index contributed by atoms with van der Waals surface area (Å²) in [6.45, 7) is 6.49. The predicted molar refractivity (Wildman–Crippen MR) is 147 cm³/mol. The fourth-order valence-electron chi connectivity index (χ4n) is 6.57. The zero-order chi connectivity index (χ0) is 31.1. The maximum atomic E-state index is 14.6. The summed E-state index contributed by atoms with van der Waals surface area (Å²) in [6.07, 6.45) is -6.32. The molecule has 2 aliphatic rings. The number of hydrogen-bond acceptors (Lipinski definition) is 7. The van der Waals surface area contributed by atoms with Crippen LogP contribution in [0.15, 0.2) is 42.5 Å². The Hall–Kier alpha value is -3.48. The van der Waals surface area contributed by atoms with E-state index in [1.54, 1.807) is 12.1 Å². The minimum atomic E-state index is -5.00. The van der Waals surface area contributed by atoms with E-state index >= 15 is 0 Å². The number of rotatable bonds is 7. The largest absolute Gasteiger partial charge is 0.573 e. The Bertz CT molecular complexity index is 1370. The first-order valence-corrected chi connectivity index (χ1v) is 13.6. The van der Waals surface area contributed by atoms with Gasteiger partial charge in [-0.1, -0.05) is 39.0 Å². The molecule has 0 aromatic heterocycles. The molecule has 228 valence electrons. The summed E-state index contributed by atoms with van der Waals surface area (Å²) in [5.41, 5.74) is -2.14. The van der Waals surface area contributed by atoms with Gasteiger partial charge in [0, 0.05) is 36.6 Å². The fraction of sp³-hybridized carbons (Fsp3) is 0.500. The van der Waals surface area contributed by atoms with Crippen LogP contribution < -0.4 is 19.3 Å². The minimum absolute atomic E-state index is 0.00862. The number of alkyl halides is 3. The number of halogens is 3. The molecule has 42 heavy (non-hydrogen) atoms. The molecule has 2 N–H and O–H groups in total. The lowest BCUT2D eigenvalue weighted by Crippen LogP contribution is -2.80. The van der Waals surface area contributed by atoms with Gasteiger partial charge in [-0.05, 0) is 25.1 Å². The smallest absolute Gasteiger partial charge is 0.497 e. The zero-order valence-corrected chi connectivity index (χ0v) is 24.2. The third-order valence-corrected chi connectivity index (χ3v) is 8.02. The van der Waals surface area contributed by atoms with E-state index in [1.807, 2.05) is 20.8 Å². The number of nitrogens with zero attached hydrogens (tertiary/aromatic N) is 1. The van der Waals surface area contributed by atoms with E-state index in [-0.39, 0.29) is 42.9 Å². The summed E-state index contributed by atoms with van der Waals surface area (Å²) in [6, 6.07) is 10.1. The van der Waals surface area contributed by atoms with Gasteiger partial charge in [0.15, 0.2) is 6.61 Å². The Labute approximate surface area is 242 Å². The Balaban J connectivity index is 2.13. The van der Waals surface area contributed by atoms with Gasteiger partial charge in [-0.3, -0.25) is 4.79 Å². The van der Waals surface area contributed by atoms with E-state index in [1.165, 1.54) is 38.3 Å². The first kappa shape index (κ1) is 31.5. The van der Waals surface area contributed by atoms with Crippen molar-refractivity contribution >= 4 is 23.3 Å². The van der Waals surface area contributed by atoms with Gasteiger partial charge in [-0.2, -0.15) is 0 Å². The van der Waals surface area contributed by atoms with Crippen LogP contribution in [0.5, 0.6) is 11.5 Å². The van der Waals surface area contributed by atoms with Gasteiger partial charge < -0.3 is 24.6 Å². The second-order valence-corrected chi connectivity index (χ2v) is 12.0. The van der Waals surface area contributed by atoms with Crippen LogP contribution in [0.1, 0.15) is 51.3 Å². The van der Waals surface area contributed by atoms with Crippen molar-refractivity contribution in [1.82, 2.24) is 9.80 Å². The lowest BCUT2D eigenvalue weighted by Gasteiger charge is -2.54. The number of carbonyl (C=O) groups excluding carboxylic acids is 2. The minimum Gasteiger partial charge on any atom is -0.497 e. The first-order chi connectivity index (χ1) is 19.6. The van der Waals surface area contributed by atoms with Crippen LogP contribution in [-0.4, -0.2) is 68.0 Å². The van der Waals surface area contributed by atoms with Crippen LogP contribution >= 0.6 is 0 Å². The number of hydrogen-bond donors (Lipinski definition) is 2. The number of ether oxygens (including phenoxy) is 3. The number of carboxylic acid groups (broad SMARTS) is 1. The third kappa shape index (κ3) is 5.50.